The molecule has 0 bridgehead atoms. The maximum absolute atomic E-state index is 11.3. The Labute approximate surface area is 73.4 Å². The minimum absolute atomic E-state index is 0.164. The molecule has 2 aromatic heterocycles. The van der Waals surface area contributed by atoms with Crippen LogP contribution < -0.4 is 5.69 Å². The van der Waals surface area contributed by atoms with Gasteiger partial charge in [-0.05, 0) is 0 Å². The molecule has 0 aromatic carbocycles. The van der Waals surface area contributed by atoms with Gasteiger partial charge in [-0.25, -0.2) is 9.48 Å². The molecule has 13 heavy (non-hydrogen) atoms. The van der Waals surface area contributed by atoms with E-state index < -0.39 is 0 Å². The second-order valence-corrected chi connectivity index (χ2v) is 2.66. The lowest BCUT2D eigenvalue weighted by Crippen LogP contribution is -2.22. The van der Waals surface area contributed by atoms with Crippen LogP contribution in [0.1, 0.15) is 5.69 Å². The van der Waals surface area contributed by atoms with Crippen LogP contribution in [0.15, 0.2) is 28.0 Å². The van der Waals surface area contributed by atoms with Crippen molar-refractivity contribution in [3.05, 3.63) is 34.8 Å². The zero-order valence-corrected chi connectivity index (χ0v) is 7.04. The molecule has 0 aliphatic rings. The van der Waals surface area contributed by atoms with E-state index in [0.717, 1.165) is 0 Å². The molecule has 6 nitrogen and oxygen atoms in total. The first-order valence-electron chi connectivity index (χ1n) is 3.75. The fraction of sp³-hybridized carbons (Fsp3) is 0.286. The first kappa shape index (κ1) is 7.78. The van der Waals surface area contributed by atoms with Gasteiger partial charge in [0.25, 0.3) is 0 Å². The Bertz CT molecular complexity index is 439. The zero-order chi connectivity index (χ0) is 9.26. The summed E-state index contributed by atoms with van der Waals surface area (Å²) >= 11 is 0. The van der Waals surface area contributed by atoms with E-state index in [0.29, 0.717) is 12.2 Å². The molecule has 0 saturated heterocycles. The van der Waals surface area contributed by atoms with Crippen molar-refractivity contribution in [2.45, 2.75) is 6.54 Å². The summed E-state index contributed by atoms with van der Waals surface area (Å²) in [7, 11) is 1.60. The Balaban J connectivity index is 2.29. The maximum atomic E-state index is 11.3. The topological polar surface area (TPSA) is 65.8 Å². The van der Waals surface area contributed by atoms with Gasteiger partial charge in [0.05, 0.1) is 6.54 Å². The average molecular weight is 180 g/mol. The molecule has 68 valence electrons. The van der Waals surface area contributed by atoms with Crippen molar-refractivity contribution in [2.24, 2.45) is 7.05 Å². The van der Waals surface area contributed by atoms with Gasteiger partial charge in [0.1, 0.15) is 18.3 Å². The molecular formula is C7H8N4O2. The molecule has 6 heteroatoms. The molecule has 0 radical (unpaired) electrons. The molecule has 2 rings (SSSR count). The zero-order valence-electron chi connectivity index (χ0n) is 7.04. The minimum Gasteiger partial charge on any atom is -0.364 e. The van der Waals surface area contributed by atoms with Crippen LogP contribution in [0.3, 0.4) is 0 Å². The molecular weight excluding hydrogens is 172 g/mol. The van der Waals surface area contributed by atoms with Gasteiger partial charge in [0.2, 0.25) is 0 Å². The largest absolute Gasteiger partial charge is 0.364 e. The SMILES string of the molecule is Cn1ncn(Cc2ccon2)c1=O. The summed E-state index contributed by atoms with van der Waals surface area (Å²) in [4.78, 5) is 11.3. The van der Waals surface area contributed by atoms with Crippen molar-refractivity contribution in [2.75, 3.05) is 0 Å². The van der Waals surface area contributed by atoms with Gasteiger partial charge in [0.15, 0.2) is 0 Å². The van der Waals surface area contributed by atoms with Crippen molar-refractivity contribution in [3.63, 3.8) is 0 Å². The summed E-state index contributed by atoms with van der Waals surface area (Å²) in [5.41, 5.74) is 0.540. The highest BCUT2D eigenvalue weighted by atomic mass is 16.5. The number of nitrogens with zero attached hydrogens (tertiary/aromatic N) is 4. The first-order chi connectivity index (χ1) is 6.27. The van der Waals surface area contributed by atoms with E-state index in [-0.39, 0.29) is 5.69 Å². The average Bonchev–Trinajstić information content (AvgIpc) is 2.71. The summed E-state index contributed by atoms with van der Waals surface area (Å²) < 4.78 is 7.36. The first-order valence-corrected chi connectivity index (χ1v) is 3.75. The van der Waals surface area contributed by atoms with Crippen LogP contribution in [-0.2, 0) is 13.6 Å². The summed E-state index contributed by atoms with van der Waals surface area (Å²) in [6.07, 6.45) is 2.94. The predicted octanol–water partition coefficient (Wildman–Crippen LogP) is -0.382. The highest BCUT2D eigenvalue weighted by Gasteiger charge is 2.03. The number of aryl methyl sites for hydroxylation is 1. The van der Waals surface area contributed by atoms with E-state index in [9.17, 15) is 4.79 Å². The standard InChI is InChI=1S/C7H8N4O2/c1-10-7(12)11(5-8-10)4-6-2-3-13-9-6/h2-3,5H,4H2,1H3. The van der Waals surface area contributed by atoms with E-state index >= 15 is 0 Å². The van der Waals surface area contributed by atoms with Gasteiger partial charge >= 0.3 is 5.69 Å². The summed E-state index contributed by atoms with van der Waals surface area (Å²) in [6.45, 7) is 0.392. The molecule has 0 fully saturated rings. The molecule has 0 unspecified atom stereocenters. The second kappa shape index (κ2) is 2.89. The molecule has 2 heterocycles. The Kier molecular flexibility index (Phi) is 1.73. The van der Waals surface area contributed by atoms with E-state index in [1.165, 1.54) is 21.8 Å². The van der Waals surface area contributed by atoms with Crippen molar-refractivity contribution >= 4 is 0 Å². The fourth-order valence-corrected chi connectivity index (χ4v) is 1.03. The number of rotatable bonds is 2. The van der Waals surface area contributed by atoms with Gasteiger partial charge in [-0.15, -0.1) is 0 Å². The lowest BCUT2D eigenvalue weighted by atomic mass is 10.4. The Morgan fingerprint density at radius 3 is 3.00 bits per heavy atom. The Morgan fingerprint density at radius 1 is 1.62 bits per heavy atom. The van der Waals surface area contributed by atoms with Crippen molar-refractivity contribution < 1.29 is 4.52 Å². The van der Waals surface area contributed by atoms with Crippen LogP contribution in [0.5, 0.6) is 0 Å². The minimum atomic E-state index is -0.164. The molecule has 2 aromatic rings. The molecule has 0 saturated carbocycles. The smallest absolute Gasteiger partial charge is 0.345 e. The summed E-state index contributed by atoms with van der Waals surface area (Å²) in [5.74, 6) is 0. The van der Waals surface area contributed by atoms with E-state index in [1.54, 1.807) is 13.1 Å². The maximum Gasteiger partial charge on any atom is 0.345 e. The van der Waals surface area contributed by atoms with Gasteiger partial charge in [0, 0.05) is 13.1 Å². The monoisotopic (exact) mass is 180 g/mol. The summed E-state index contributed by atoms with van der Waals surface area (Å²) in [6, 6.07) is 1.71. The Hall–Kier alpha value is -1.85. The van der Waals surface area contributed by atoms with E-state index in [1.807, 2.05) is 0 Å². The Morgan fingerprint density at radius 2 is 2.46 bits per heavy atom. The lowest BCUT2D eigenvalue weighted by molar-refractivity contribution is 0.409. The molecule has 0 amide bonds. The quantitative estimate of drug-likeness (QED) is 0.631. The third-order valence-electron chi connectivity index (χ3n) is 1.71. The lowest BCUT2D eigenvalue weighted by Gasteiger charge is -1.92. The van der Waals surface area contributed by atoms with Crippen molar-refractivity contribution in [3.8, 4) is 0 Å². The molecule has 0 aliphatic heterocycles. The van der Waals surface area contributed by atoms with Crippen LogP contribution in [-0.4, -0.2) is 19.5 Å². The van der Waals surface area contributed by atoms with Crippen molar-refractivity contribution in [1.82, 2.24) is 19.5 Å². The highest BCUT2D eigenvalue weighted by Crippen LogP contribution is 1.95. The third-order valence-corrected chi connectivity index (χ3v) is 1.71. The second-order valence-electron chi connectivity index (χ2n) is 2.66. The van der Waals surface area contributed by atoms with Crippen LogP contribution >= 0.6 is 0 Å². The number of hydrogen-bond donors (Lipinski definition) is 0. The van der Waals surface area contributed by atoms with Crippen LogP contribution in [0.25, 0.3) is 0 Å². The molecule has 0 atom stereocenters. The van der Waals surface area contributed by atoms with Crippen LogP contribution in [0.4, 0.5) is 0 Å². The number of aromatic nitrogens is 4. The van der Waals surface area contributed by atoms with Gasteiger partial charge in [-0.1, -0.05) is 5.16 Å². The fourth-order valence-electron chi connectivity index (χ4n) is 1.03. The highest BCUT2D eigenvalue weighted by molar-refractivity contribution is 4.95. The molecule has 0 aliphatic carbocycles. The van der Waals surface area contributed by atoms with Gasteiger partial charge in [-0.3, -0.25) is 4.57 Å². The van der Waals surface area contributed by atoms with Crippen LogP contribution in [0, 0.1) is 0 Å². The van der Waals surface area contributed by atoms with E-state index in [2.05, 4.69) is 14.8 Å². The van der Waals surface area contributed by atoms with Gasteiger partial charge in [-0.2, -0.15) is 5.10 Å². The normalized spacial score (nSPS) is 10.5. The van der Waals surface area contributed by atoms with E-state index in [4.69, 9.17) is 0 Å². The predicted molar refractivity (Wildman–Crippen MR) is 43.1 cm³/mol. The molecule has 0 N–H and O–H groups in total. The van der Waals surface area contributed by atoms with Gasteiger partial charge < -0.3 is 4.52 Å². The summed E-state index contributed by atoms with van der Waals surface area (Å²) in [5, 5.41) is 7.50. The van der Waals surface area contributed by atoms with Crippen molar-refractivity contribution in [1.29, 1.82) is 0 Å². The molecule has 0 spiro atoms. The third kappa shape index (κ3) is 1.37. The van der Waals surface area contributed by atoms with Crippen LogP contribution in [0.2, 0.25) is 0 Å². The number of hydrogen-bond acceptors (Lipinski definition) is 4.